The topological polar surface area (TPSA) is 86.2 Å². The van der Waals surface area contributed by atoms with Gasteiger partial charge in [0, 0.05) is 24.4 Å². The van der Waals surface area contributed by atoms with E-state index in [0.29, 0.717) is 4.90 Å². The lowest BCUT2D eigenvalue weighted by molar-refractivity contribution is 0.510. The Kier molecular flexibility index (Phi) is 3.80. The van der Waals surface area contributed by atoms with E-state index in [1.165, 1.54) is 0 Å². The zero-order valence-electron chi connectivity index (χ0n) is 12.2. The minimum absolute atomic E-state index is 0.145. The second kappa shape index (κ2) is 5.50. The molecule has 0 heterocycles. The summed E-state index contributed by atoms with van der Waals surface area (Å²) in [5.41, 5.74) is 12.3. The summed E-state index contributed by atoms with van der Waals surface area (Å²) in [5, 5.41) is -0.556. The molecule has 0 aliphatic heterocycles. The summed E-state index contributed by atoms with van der Waals surface area (Å²) >= 11 is 0. The van der Waals surface area contributed by atoms with Crippen molar-refractivity contribution < 1.29 is 8.42 Å². The molecule has 0 amide bonds. The van der Waals surface area contributed by atoms with E-state index in [0.717, 1.165) is 5.56 Å². The van der Waals surface area contributed by atoms with Gasteiger partial charge < -0.3 is 11.5 Å². The second-order valence-electron chi connectivity index (χ2n) is 5.81. The van der Waals surface area contributed by atoms with Crippen molar-refractivity contribution in [1.29, 1.82) is 0 Å². The SMILES string of the molecule is NCC1(CN)[C@H](S(=O)(=O)c2ccccc2)[C@@H]1c1ccccc1. The second-order valence-corrected chi connectivity index (χ2v) is 7.88. The number of rotatable bonds is 5. The molecule has 0 spiro atoms. The van der Waals surface area contributed by atoms with Gasteiger partial charge in [-0.2, -0.15) is 0 Å². The van der Waals surface area contributed by atoms with Gasteiger partial charge in [0.2, 0.25) is 0 Å². The Balaban J connectivity index is 2.06. The van der Waals surface area contributed by atoms with Crippen molar-refractivity contribution in [3.63, 3.8) is 0 Å². The molecule has 1 fully saturated rings. The van der Waals surface area contributed by atoms with Gasteiger partial charge in [0.15, 0.2) is 9.84 Å². The summed E-state index contributed by atoms with van der Waals surface area (Å²) in [6.07, 6.45) is 0. The Hall–Kier alpha value is -1.69. The standard InChI is InChI=1S/C17H20N2O2S/c18-11-17(12-19)15(13-7-3-1-4-8-13)16(17)22(20,21)14-9-5-2-6-10-14/h1-10,15-16H,11-12,18-19H2/t15-,16+/m0/s1. The van der Waals surface area contributed by atoms with Gasteiger partial charge in [-0.15, -0.1) is 0 Å². The molecule has 4 nitrogen and oxygen atoms in total. The van der Waals surface area contributed by atoms with E-state index < -0.39 is 20.5 Å². The van der Waals surface area contributed by atoms with E-state index in [-0.39, 0.29) is 19.0 Å². The lowest BCUT2D eigenvalue weighted by Crippen LogP contribution is -2.31. The average molecular weight is 316 g/mol. The van der Waals surface area contributed by atoms with Crippen LogP contribution in [0.1, 0.15) is 11.5 Å². The van der Waals surface area contributed by atoms with E-state index in [9.17, 15) is 8.42 Å². The predicted molar refractivity (Wildman–Crippen MR) is 87.1 cm³/mol. The van der Waals surface area contributed by atoms with E-state index in [1.807, 2.05) is 30.3 Å². The highest BCUT2D eigenvalue weighted by atomic mass is 32.2. The van der Waals surface area contributed by atoms with Crippen LogP contribution >= 0.6 is 0 Å². The molecule has 0 radical (unpaired) electrons. The van der Waals surface area contributed by atoms with E-state index in [2.05, 4.69) is 0 Å². The molecule has 116 valence electrons. The summed E-state index contributed by atoms with van der Waals surface area (Å²) < 4.78 is 26.0. The van der Waals surface area contributed by atoms with Crippen LogP contribution < -0.4 is 11.5 Å². The van der Waals surface area contributed by atoms with Crippen LogP contribution in [-0.2, 0) is 9.84 Å². The van der Waals surface area contributed by atoms with Crippen LogP contribution in [-0.4, -0.2) is 26.8 Å². The molecular formula is C17H20N2O2S. The van der Waals surface area contributed by atoms with Crippen molar-refractivity contribution in [2.45, 2.75) is 16.1 Å². The first-order valence-corrected chi connectivity index (χ1v) is 8.86. The van der Waals surface area contributed by atoms with Crippen molar-refractivity contribution in [3.05, 3.63) is 66.2 Å². The lowest BCUT2D eigenvalue weighted by Gasteiger charge is -2.12. The Labute approximate surface area is 131 Å². The van der Waals surface area contributed by atoms with Gasteiger partial charge in [0.1, 0.15) is 0 Å². The van der Waals surface area contributed by atoms with Gasteiger partial charge in [0.25, 0.3) is 0 Å². The lowest BCUT2D eigenvalue weighted by atomic mass is 9.99. The fourth-order valence-corrected chi connectivity index (χ4v) is 5.93. The Morgan fingerprint density at radius 2 is 1.36 bits per heavy atom. The van der Waals surface area contributed by atoms with Crippen LogP contribution in [0.3, 0.4) is 0 Å². The number of nitrogens with two attached hydrogens (primary N) is 2. The summed E-state index contributed by atoms with van der Waals surface area (Å²) in [5.74, 6) is -0.145. The molecule has 2 aromatic rings. The molecule has 5 heteroatoms. The van der Waals surface area contributed by atoms with E-state index in [1.54, 1.807) is 30.3 Å². The molecule has 2 aromatic carbocycles. The van der Waals surface area contributed by atoms with Gasteiger partial charge >= 0.3 is 0 Å². The van der Waals surface area contributed by atoms with Gasteiger partial charge in [0.05, 0.1) is 10.1 Å². The fourth-order valence-electron chi connectivity index (χ4n) is 3.43. The van der Waals surface area contributed by atoms with Crippen LogP contribution in [0.4, 0.5) is 0 Å². The molecule has 0 bridgehead atoms. The van der Waals surface area contributed by atoms with Crippen molar-refractivity contribution >= 4 is 9.84 Å². The van der Waals surface area contributed by atoms with Gasteiger partial charge in [-0.25, -0.2) is 8.42 Å². The van der Waals surface area contributed by atoms with Crippen LogP contribution in [0, 0.1) is 5.41 Å². The minimum Gasteiger partial charge on any atom is -0.330 e. The zero-order valence-corrected chi connectivity index (χ0v) is 13.0. The highest BCUT2D eigenvalue weighted by Gasteiger charge is 2.69. The molecule has 4 N–H and O–H groups in total. The monoisotopic (exact) mass is 316 g/mol. The van der Waals surface area contributed by atoms with Crippen LogP contribution in [0.5, 0.6) is 0 Å². The maximum absolute atomic E-state index is 13.0. The summed E-state index contributed by atoms with van der Waals surface area (Å²) in [6.45, 7) is 0.527. The highest BCUT2D eigenvalue weighted by molar-refractivity contribution is 7.92. The largest absolute Gasteiger partial charge is 0.330 e. The fraction of sp³-hybridized carbons (Fsp3) is 0.294. The van der Waals surface area contributed by atoms with Crippen LogP contribution in [0.15, 0.2) is 65.6 Å². The average Bonchev–Trinajstić information content (AvgIpc) is 3.27. The molecule has 1 aliphatic rings. The van der Waals surface area contributed by atoms with Crippen molar-refractivity contribution in [2.24, 2.45) is 16.9 Å². The number of hydrogen-bond donors (Lipinski definition) is 2. The summed E-state index contributed by atoms with van der Waals surface area (Å²) in [6, 6.07) is 18.2. The Morgan fingerprint density at radius 3 is 1.86 bits per heavy atom. The number of hydrogen-bond acceptors (Lipinski definition) is 4. The molecule has 0 aromatic heterocycles. The molecule has 0 saturated heterocycles. The minimum atomic E-state index is -3.45. The van der Waals surface area contributed by atoms with E-state index >= 15 is 0 Å². The molecule has 3 rings (SSSR count). The van der Waals surface area contributed by atoms with Gasteiger partial charge in [-0.05, 0) is 17.7 Å². The normalized spacial score (nSPS) is 23.2. The summed E-state index contributed by atoms with van der Waals surface area (Å²) in [7, 11) is -3.45. The first-order chi connectivity index (χ1) is 10.6. The number of benzene rings is 2. The Morgan fingerprint density at radius 1 is 0.864 bits per heavy atom. The molecule has 22 heavy (non-hydrogen) atoms. The zero-order chi connectivity index (χ0) is 15.8. The van der Waals surface area contributed by atoms with Crippen LogP contribution in [0.25, 0.3) is 0 Å². The van der Waals surface area contributed by atoms with Crippen LogP contribution in [0.2, 0.25) is 0 Å². The summed E-state index contributed by atoms with van der Waals surface area (Å²) in [4.78, 5) is 0.338. The first kappa shape index (κ1) is 15.2. The van der Waals surface area contributed by atoms with E-state index in [4.69, 9.17) is 11.5 Å². The maximum atomic E-state index is 13.0. The van der Waals surface area contributed by atoms with Crippen molar-refractivity contribution in [2.75, 3.05) is 13.1 Å². The molecule has 2 atom stereocenters. The van der Waals surface area contributed by atoms with Crippen molar-refractivity contribution in [1.82, 2.24) is 0 Å². The van der Waals surface area contributed by atoms with Gasteiger partial charge in [-0.3, -0.25) is 0 Å². The Bertz CT molecular complexity index is 741. The smallest absolute Gasteiger partial charge is 0.182 e. The maximum Gasteiger partial charge on any atom is 0.182 e. The molecule has 1 aliphatic carbocycles. The third-order valence-corrected chi connectivity index (χ3v) is 7.04. The molecule has 0 unspecified atom stereocenters. The first-order valence-electron chi connectivity index (χ1n) is 7.32. The highest BCUT2D eigenvalue weighted by Crippen LogP contribution is 2.62. The quantitative estimate of drug-likeness (QED) is 0.876. The number of sulfone groups is 1. The molecular weight excluding hydrogens is 296 g/mol. The van der Waals surface area contributed by atoms with Gasteiger partial charge in [-0.1, -0.05) is 48.5 Å². The molecule has 1 saturated carbocycles. The predicted octanol–water partition coefficient (Wildman–Crippen LogP) is 1.53. The third kappa shape index (κ3) is 2.17. The third-order valence-electron chi connectivity index (χ3n) is 4.70. The van der Waals surface area contributed by atoms with Crippen molar-refractivity contribution in [3.8, 4) is 0 Å².